The molecule has 0 aliphatic carbocycles. The maximum atomic E-state index is 11.5. The van der Waals surface area contributed by atoms with Gasteiger partial charge in [0.05, 0.1) is 5.60 Å². The highest BCUT2D eigenvalue weighted by molar-refractivity contribution is 5.67. The topological polar surface area (TPSA) is 59.6 Å². The molecule has 0 saturated carbocycles. The molecule has 0 bridgehead atoms. The van der Waals surface area contributed by atoms with Crippen LogP contribution in [0.3, 0.4) is 0 Å². The molecule has 0 aromatic rings. The van der Waals surface area contributed by atoms with Crippen molar-refractivity contribution in [2.75, 3.05) is 20.2 Å². The molecule has 114 valence electrons. The third-order valence-corrected chi connectivity index (χ3v) is 2.72. The summed E-state index contributed by atoms with van der Waals surface area (Å²) in [5.74, 6) is 0. The monoisotopic (exact) mass is 274 g/mol. The van der Waals surface area contributed by atoms with Crippen LogP contribution in [-0.4, -0.2) is 43.5 Å². The van der Waals surface area contributed by atoms with Gasteiger partial charge < -0.3 is 20.1 Å². The average Bonchev–Trinajstić information content (AvgIpc) is 2.24. The molecule has 0 fully saturated rings. The lowest BCUT2D eigenvalue weighted by Crippen LogP contribution is -2.42. The lowest BCUT2D eigenvalue weighted by Gasteiger charge is -2.24. The van der Waals surface area contributed by atoms with E-state index in [4.69, 9.17) is 9.47 Å². The summed E-state index contributed by atoms with van der Waals surface area (Å²) in [7, 11) is 1.72. The van der Waals surface area contributed by atoms with E-state index in [0.29, 0.717) is 6.54 Å². The molecule has 5 heteroatoms. The summed E-state index contributed by atoms with van der Waals surface area (Å²) < 4.78 is 10.5. The van der Waals surface area contributed by atoms with E-state index in [0.717, 1.165) is 13.0 Å². The van der Waals surface area contributed by atoms with Crippen molar-refractivity contribution in [1.29, 1.82) is 0 Å². The first-order chi connectivity index (χ1) is 8.56. The first kappa shape index (κ1) is 18.2. The molecule has 0 spiro atoms. The second kappa shape index (κ2) is 7.70. The molecular formula is C14H30N2O3. The highest BCUT2D eigenvalue weighted by Gasteiger charge is 2.17. The minimum atomic E-state index is -0.455. The number of hydrogen-bond acceptors (Lipinski definition) is 4. The van der Waals surface area contributed by atoms with Crippen molar-refractivity contribution < 1.29 is 14.3 Å². The maximum absolute atomic E-state index is 11.5. The standard InChI is InChI=1S/C14H30N2O3/c1-11(15-9-8-14(5,6)18-7)10-16-12(17)19-13(2,3)4/h11,15H,8-10H2,1-7H3,(H,16,17). The van der Waals surface area contributed by atoms with Gasteiger partial charge in [-0.15, -0.1) is 0 Å². The molecule has 0 saturated heterocycles. The van der Waals surface area contributed by atoms with E-state index in [9.17, 15) is 4.79 Å². The lowest BCUT2D eigenvalue weighted by atomic mass is 10.1. The Bertz CT molecular complexity index is 272. The van der Waals surface area contributed by atoms with Crippen molar-refractivity contribution >= 4 is 6.09 Å². The number of carbonyl (C=O) groups excluding carboxylic acids is 1. The Balaban J connectivity index is 3.76. The third kappa shape index (κ3) is 10.8. The molecule has 0 aromatic carbocycles. The number of hydrogen-bond donors (Lipinski definition) is 2. The van der Waals surface area contributed by atoms with Crippen molar-refractivity contribution in [1.82, 2.24) is 10.6 Å². The van der Waals surface area contributed by atoms with Gasteiger partial charge >= 0.3 is 6.09 Å². The Morgan fingerprint density at radius 1 is 1.21 bits per heavy atom. The van der Waals surface area contributed by atoms with E-state index in [1.54, 1.807) is 7.11 Å². The van der Waals surface area contributed by atoms with Crippen molar-refractivity contribution in [3.63, 3.8) is 0 Å². The van der Waals surface area contributed by atoms with E-state index in [1.807, 2.05) is 27.7 Å². The summed E-state index contributed by atoms with van der Waals surface area (Å²) in [6.45, 7) is 13.1. The van der Waals surface area contributed by atoms with Gasteiger partial charge in [-0.1, -0.05) is 0 Å². The zero-order valence-corrected chi connectivity index (χ0v) is 13.4. The lowest BCUT2D eigenvalue weighted by molar-refractivity contribution is 0.0153. The second-order valence-corrected chi connectivity index (χ2v) is 6.45. The molecule has 0 heterocycles. The number of carbonyl (C=O) groups is 1. The molecule has 19 heavy (non-hydrogen) atoms. The fourth-order valence-electron chi connectivity index (χ4n) is 1.34. The highest BCUT2D eigenvalue weighted by atomic mass is 16.6. The van der Waals surface area contributed by atoms with Crippen LogP contribution in [0.1, 0.15) is 48.0 Å². The molecule has 0 rings (SSSR count). The van der Waals surface area contributed by atoms with Crippen LogP contribution < -0.4 is 10.6 Å². The van der Waals surface area contributed by atoms with Gasteiger partial charge in [-0.25, -0.2) is 4.79 Å². The van der Waals surface area contributed by atoms with E-state index in [2.05, 4.69) is 24.5 Å². The smallest absolute Gasteiger partial charge is 0.407 e. The van der Waals surface area contributed by atoms with Gasteiger partial charge in [-0.3, -0.25) is 0 Å². The van der Waals surface area contributed by atoms with Gasteiger partial charge in [0.2, 0.25) is 0 Å². The number of amides is 1. The van der Waals surface area contributed by atoms with Crippen LogP contribution in [0, 0.1) is 0 Å². The summed E-state index contributed by atoms with van der Waals surface area (Å²) in [4.78, 5) is 11.5. The molecule has 1 atom stereocenters. The Kier molecular flexibility index (Phi) is 7.37. The van der Waals surface area contributed by atoms with Crippen LogP contribution in [0.25, 0.3) is 0 Å². The number of nitrogens with one attached hydrogen (secondary N) is 2. The number of alkyl carbamates (subject to hydrolysis) is 1. The second-order valence-electron chi connectivity index (χ2n) is 6.45. The van der Waals surface area contributed by atoms with Crippen LogP contribution in [0.5, 0.6) is 0 Å². The van der Waals surface area contributed by atoms with Crippen LogP contribution in [0.15, 0.2) is 0 Å². The minimum Gasteiger partial charge on any atom is -0.444 e. The van der Waals surface area contributed by atoms with Crippen LogP contribution in [0.2, 0.25) is 0 Å². The Labute approximate surface area is 117 Å². The normalized spacial score (nSPS) is 14.1. The summed E-state index contributed by atoms with van der Waals surface area (Å²) >= 11 is 0. The van der Waals surface area contributed by atoms with E-state index >= 15 is 0 Å². The molecule has 0 aliphatic heterocycles. The first-order valence-electron chi connectivity index (χ1n) is 6.81. The number of ether oxygens (including phenoxy) is 2. The van der Waals surface area contributed by atoms with Gasteiger partial charge in [-0.2, -0.15) is 0 Å². The third-order valence-electron chi connectivity index (χ3n) is 2.72. The predicted molar refractivity (Wildman–Crippen MR) is 77.4 cm³/mol. The van der Waals surface area contributed by atoms with Crippen molar-refractivity contribution in [3.05, 3.63) is 0 Å². The first-order valence-corrected chi connectivity index (χ1v) is 6.81. The van der Waals surface area contributed by atoms with Crippen LogP contribution >= 0.6 is 0 Å². The average molecular weight is 274 g/mol. The summed E-state index contributed by atoms with van der Waals surface area (Å²) in [5, 5.41) is 6.09. The zero-order chi connectivity index (χ0) is 15.1. The SMILES string of the molecule is COC(C)(C)CCNC(C)CNC(=O)OC(C)(C)C. The number of methoxy groups -OCH3 is 1. The summed E-state index contributed by atoms with van der Waals surface area (Å²) in [6, 6.07) is 0.195. The van der Waals surface area contributed by atoms with Crippen LogP contribution in [0.4, 0.5) is 4.79 Å². The molecule has 5 nitrogen and oxygen atoms in total. The number of rotatable bonds is 7. The van der Waals surface area contributed by atoms with Gasteiger partial charge in [0.15, 0.2) is 0 Å². The van der Waals surface area contributed by atoms with Gasteiger partial charge in [0, 0.05) is 19.7 Å². The molecule has 2 N–H and O–H groups in total. The fraction of sp³-hybridized carbons (Fsp3) is 0.929. The Hall–Kier alpha value is -0.810. The quantitative estimate of drug-likeness (QED) is 0.748. The summed E-state index contributed by atoms with van der Waals surface area (Å²) in [5.41, 5.74) is -0.575. The Morgan fingerprint density at radius 3 is 2.26 bits per heavy atom. The molecule has 0 radical (unpaired) electrons. The predicted octanol–water partition coefficient (Wildman–Crippen LogP) is 2.30. The largest absolute Gasteiger partial charge is 0.444 e. The maximum Gasteiger partial charge on any atom is 0.407 e. The van der Waals surface area contributed by atoms with Gasteiger partial charge in [-0.05, 0) is 54.5 Å². The van der Waals surface area contributed by atoms with Crippen molar-refractivity contribution in [2.45, 2.75) is 65.2 Å². The van der Waals surface area contributed by atoms with Gasteiger partial charge in [0.25, 0.3) is 0 Å². The van der Waals surface area contributed by atoms with E-state index < -0.39 is 5.60 Å². The molecule has 1 unspecified atom stereocenters. The zero-order valence-electron chi connectivity index (χ0n) is 13.4. The molecule has 0 aliphatic rings. The molecular weight excluding hydrogens is 244 g/mol. The van der Waals surface area contributed by atoms with Gasteiger partial charge in [0.1, 0.15) is 5.60 Å². The molecule has 0 aromatic heterocycles. The van der Waals surface area contributed by atoms with Crippen molar-refractivity contribution in [2.24, 2.45) is 0 Å². The summed E-state index contributed by atoms with van der Waals surface area (Å²) in [6.07, 6.45) is 0.540. The Morgan fingerprint density at radius 2 is 1.79 bits per heavy atom. The van der Waals surface area contributed by atoms with E-state index in [1.165, 1.54) is 0 Å². The van der Waals surface area contributed by atoms with Crippen molar-refractivity contribution in [3.8, 4) is 0 Å². The fourth-order valence-corrected chi connectivity index (χ4v) is 1.34. The molecule has 1 amide bonds. The van der Waals surface area contributed by atoms with E-state index in [-0.39, 0.29) is 17.7 Å². The van der Waals surface area contributed by atoms with Crippen LogP contribution in [-0.2, 0) is 9.47 Å². The minimum absolute atomic E-state index is 0.120. The highest BCUT2D eigenvalue weighted by Crippen LogP contribution is 2.11.